The summed E-state index contributed by atoms with van der Waals surface area (Å²) < 4.78 is 0. The van der Waals surface area contributed by atoms with Crippen LogP contribution in [0, 0.1) is 13.8 Å². The molecule has 1 aliphatic rings. The van der Waals surface area contributed by atoms with Crippen LogP contribution in [0.3, 0.4) is 0 Å². The maximum Gasteiger partial charge on any atom is 0.185 e. The Labute approximate surface area is 171 Å². The molecule has 0 unspecified atom stereocenters. The molecule has 140 valence electrons. The van der Waals surface area contributed by atoms with Crippen LogP contribution in [0.4, 0.5) is 5.69 Å². The van der Waals surface area contributed by atoms with Gasteiger partial charge in [0.1, 0.15) is 0 Å². The van der Waals surface area contributed by atoms with Crippen molar-refractivity contribution in [1.82, 2.24) is 0 Å². The number of rotatable bonds is 4. The van der Waals surface area contributed by atoms with Gasteiger partial charge in [0.15, 0.2) is 5.78 Å². The molecule has 0 radical (unpaired) electrons. The van der Waals surface area contributed by atoms with E-state index in [1.165, 1.54) is 22.3 Å². The number of aryl methyl sites for hydroxylation is 2. The summed E-state index contributed by atoms with van der Waals surface area (Å²) in [5.74, 6) is 0.000185. The monoisotopic (exact) mass is 387 g/mol. The van der Waals surface area contributed by atoms with Crippen LogP contribution < -0.4 is 4.90 Å². The van der Waals surface area contributed by atoms with Gasteiger partial charge in [0.25, 0.3) is 0 Å². The van der Waals surface area contributed by atoms with Gasteiger partial charge < -0.3 is 4.90 Å². The number of hydrogen-bond donors (Lipinski definition) is 0. The summed E-state index contributed by atoms with van der Waals surface area (Å²) in [6.45, 7) is 6.08. The average Bonchev–Trinajstić information content (AvgIpc) is 3.10. The van der Waals surface area contributed by atoms with Crippen molar-refractivity contribution in [2.24, 2.45) is 0 Å². The van der Waals surface area contributed by atoms with E-state index in [0.717, 1.165) is 24.3 Å². The van der Waals surface area contributed by atoms with Crippen molar-refractivity contribution >= 4 is 29.1 Å². The molecular formula is C25H22ClNO. The minimum Gasteiger partial charge on any atom is -0.363 e. The topological polar surface area (TPSA) is 20.3 Å². The van der Waals surface area contributed by atoms with Gasteiger partial charge in [0, 0.05) is 29.4 Å². The summed E-state index contributed by atoms with van der Waals surface area (Å²) in [5, 5.41) is 0.688. The van der Waals surface area contributed by atoms with Gasteiger partial charge in [-0.15, -0.1) is 0 Å². The first-order valence-corrected chi connectivity index (χ1v) is 9.79. The van der Waals surface area contributed by atoms with Crippen molar-refractivity contribution in [3.8, 4) is 0 Å². The molecule has 28 heavy (non-hydrogen) atoms. The summed E-state index contributed by atoms with van der Waals surface area (Å²) in [4.78, 5) is 15.0. The van der Waals surface area contributed by atoms with Crippen LogP contribution in [0.25, 0.3) is 6.08 Å². The van der Waals surface area contributed by atoms with Gasteiger partial charge in [0.2, 0.25) is 0 Å². The fourth-order valence-corrected chi connectivity index (χ4v) is 3.70. The quantitative estimate of drug-likeness (QED) is 0.382. The predicted molar refractivity (Wildman–Crippen MR) is 117 cm³/mol. The lowest BCUT2D eigenvalue weighted by molar-refractivity contribution is 0.104. The molecule has 3 heteroatoms. The molecule has 4 rings (SSSR count). The highest BCUT2D eigenvalue weighted by molar-refractivity contribution is 6.30. The minimum atomic E-state index is 0.000185. The fourth-order valence-electron chi connectivity index (χ4n) is 3.58. The molecule has 2 nitrogen and oxygen atoms in total. The van der Waals surface area contributed by atoms with Crippen LogP contribution in [-0.2, 0) is 13.1 Å². The molecule has 3 aromatic carbocycles. The highest BCUT2D eigenvalue weighted by Crippen LogP contribution is 2.30. The van der Waals surface area contributed by atoms with E-state index in [2.05, 4.69) is 36.9 Å². The van der Waals surface area contributed by atoms with E-state index in [4.69, 9.17) is 11.6 Å². The normalized spacial score (nSPS) is 13.2. The number of fused-ring (bicyclic) bond motifs is 1. The number of nitrogens with zero attached hydrogens (tertiary/aromatic N) is 1. The van der Waals surface area contributed by atoms with E-state index in [0.29, 0.717) is 10.6 Å². The second-order valence-corrected chi connectivity index (χ2v) is 7.80. The lowest BCUT2D eigenvalue weighted by Gasteiger charge is -2.18. The molecular weight excluding hydrogens is 366 g/mol. The number of hydrogen-bond acceptors (Lipinski definition) is 2. The molecule has 0 saturated carbocycles. The van der Waals surface area contributed by atoms with E-state index in [9.17, 15) is 4.79 Å². The molecule has 0 aromatic heterocycles. The summed E-state index contributed by atoms with van der Waals surface area (Å²) >= 11 is 5.90. The zero-order valence-corrected chi connectivity index (χ0v) is 16.8. The van der Waals surface area contributed by atoms with Crippen molar-refractivity contribution in [3.63, 3.8) is 0 Å². The lowest BCUT2D eigenvalue weighted by atomic mass is 10.0. The first-order chi connectivity index (χ1) is 13.5. The van der Waals surface area contributed by atoms with Crippen LogP contribution in [0.1, 0.15) is 38.2 Å². The van der Waals surface area contributed by atoms with Gasteiger partial charge in [-0.2, -0.15) is 0 Å². The molecule has 1 aliphatic heterocycles. The van der Waals surface area contributed by atoms with E-state index >= 15 is 0 Å². The Bertz CT molecular complexity index is 1040. The molecule has 1 heterocycles. The minimum absolute atomic E-state index is 0.000185. The SMILES string of the molecule is Cc1cc2c(cc1C)CN(c1cccc(C(=O)/C=C/c3ccc(Cl)cc3)c1)C2. The Morgan fingerprint density at radius 2 is 1.57 bits per heavy atom. The standard InChI is InChI=1S/C25H22ClNO/c1-17-12-21-15-27(16-22(21)13-18(17)2)24-5-3-4-20(14-24)25(28)11-8-19-6-9-23(26)10-7-19/h3-14H,15-16H2,1-2H3/b11-8+. The molecule has 0 amide bonds. The summed E-state index contributed by atoms with van der Waals surface area (Å²) in [7, 11) is 0. The van der Waals surface area contributed by atoms with Gasteiger partial charge in [-0.3, -0.25) is 4.79 Å². The average molecular weight is 388 g/mol. The zero-order valence-electron chi connectivity index (χ0n) is 16.1. The van der Waals surface area contributed by atoms with Gasteiger partial charge in [-0.05, 0) is 72.0 Å². The second kappa shape index (κ2) is 7.65. The third kappa shape index (κ3) is 3.88. The number of allylic oxidation sites excluding steroid dienone is 1. The lowest BCUT2D eigenvalue weighted by Crippen LogP contribution is -2.14. The van der Waals surface area contributed by atoms with Crippen molar-refractivity contribution in [2.45, 2.75) is 26.9 Å². The van der Waals surface area contributed by atoms with Crippen LogP contribution in [-0.4, -0.2) is 5.78 Å². The van der Waals surface area contributed by atoms with Gasteiger partial charge in [-0.25, -0.2) is 0 Å². The summed E-state index contributed by atoms with van der Waals surface area (Å²) in [6, 6.07) is 19.9. The van der Waals surface area contributed by atoms with E-state index in [1.54, 1.807) is 6.08 Å². The largest absolute Gasteiger partial charge is 0.363 e. The summed E-state index contributed by atoms with van der Waals surface area (Å²) in [5.41, 5.74) is 8.15. The third-order valence-electron chi connectivity index (χ3n) is 5.33. The molecule has 0 spiro atoms. The van der Waals surface area contributed by atoms with Crippen LogP contribution >= 0.6 is 11.6 Å². The molecule has 0 N–H and O–H groups in total. The zero-order chi connectivity index (χ0) is 19.7. The van der Waals surface area contributed by atoms with Crippen LogP contribution in [0.15, 0.2) is 66.7 Å². The van der Waals surface area contributed by atoms with Crippen molar-refractivity contribution in [1.29, 1.82) is 0 Å². The number of carbonyl (C=O) groups excluding carboxylic acids is 1. The molecule has 0 fully saturated rings. The Morgan fingerprint density at radius 1 is 0.929 bits per heavy atom. The molecule has 3 aromatic rings. The Balaban J connectivity index is 1.52. The Kier molecular flexibility index (Phi) is 5.06. The van der Waals surface area contributed by atoms with Gasteiger partial charge in [0.05, 0.1) is 0 Å². The first-order valence-electron chi connectivity index (χ1n) is 9.41. The number of ketones is 1. The maximum atomic E-state index is 12.6. The third-order valence-corrected chi connectivity index (χ3v) is 5.58. The van der Waals surface area contributed by atoms with Crippen LogP contribution in [0.5, 0.6) is 0 Å². The first kappa shape index (κ1) is 18.5. The van der Waals surface area contributed by atoms with Crippen LogP contribution in [0.2, 0.25) is 5.02 Å². The van der Waals surface area contributed by atoms with Crippen molar-refractivity contribution in [2.75, 3.05) is 4.90 Å². The van der Waals surface area contributed by atoms with Gasteiger partial charge >= 0.3 is 0 Å². The highest BCUT2D eigenvalue weighted by atomic mass is 35.5. The van der Waals surface area contributed by atoms with E-state index < -0.39 is 0 Å². The highest BCUT2D eigenvalue weighted by Gasteiger charge is 2.20. The van der Waals surface area contributed by atoms with Gasteiger partial charge in [-0.1, -0.05) is 54.1 Å². The van der Waals surface area contributed by atoms with Crippen molar-refractivity contribution < 1.29 is 4.79 Å². The molecule has 0 bridgehead atoms. The molecule has 0 aliphatic carbocycles. The summed E-state index contributed by atoms with van der Waals surface area (Å²) in [6.07, 6.45) is 3.44. The van der Waals surface area contributed by atoms with Crippen molar-refractivity contribution in [3.05, 3.63) is 105 Å². The number of benzene rings is 3. The fraction of sp³-hybridized carbons (Fsp3) is 0.160. The Morgan fingerprint density at radius 3 is 2.21 bits per heavy atom. The maximum absolute atomic E-state index is 12.6. The number of halogens is 1. The van der Waals surface area contributed by atoms with E-state index in [-0.39, 0.29) is 5.78 Å². The second-order valence-electron chi connectivity index (χ2n) is 7.36. The smallest absolute Gasteiger partial charge is 0.185 e. The van der Waals surface area contributed by atoms with E-state index in [1.807, 2.05) is 48.5 Å². The molecule has 0 atom stereocenters. The Hall–Kier alpha value is -2.84. The molecule has 0 saturated heterocycles. The predicted octanol–water partition coefficient (Wildman–Crippen LogP) is 6.37. The number of anilines is 1. The number of carbonyl (C=O) groups is 1.